The molecule has 2 rings (SSSR count). The van der Waals surface area contributed by atoms with E-state index in [1.165, 1.54) is 12.1 Å². The quantitative estimate of drug-likeness (QED) is 0.854. The second-order valence-corrected chi connectivity index (χ2v) is 5.27. The summed E-state index contributed by atoms with van der Waals surface area (Å²) in [6.07, 6.45) is 0. The highest BCUT2D eigenvalue weighted by molar-refractivity contribution is 9.10. The molecule has 7 heteroatoms. The average Bonchev–Trinajstić information content (AvgIpc) is 2.44. The summed E-state index contributed by atoms with van der Waals surface area (Å²) in [6, 6.07) is 2.83. The number of hydrogen-bond acceptors (Lipinski definition) is 4. The van der Waals surface area contributed by atoms with E-state index in [0.717, 1.165) is 32.8 Å². The van der Waals surface area contributed by atoms with Gasteiger partial charge >= 0.3 is 5.97 Å². The first kappa shape index (κ1) is 15.2. The van der Waals surface area contributed by atoms with Crippen LogP contribution >= 0.6 is 15.9 Å². The van der Waals surface area contributed by atoms with Crippen LogP contribution in [0, 0.1) is 5.82 Å². The fourth-order valence-corrected chi connectivity index (χ4v) is 2.54. The summed E-state index contributed by atoms with van der Waals surface area (Å²) in [5, 5.41) is 11.9. The number of morpholine rings is 1. The predicted molar refractivity (Wildman–Crippen MR) is 76.8 cm³/mol. The van der Waals surface area contributed by atoms with Crippen LogP contribution in [0.15, 0.2) is 16.6 Å². The lowest BCUT2D eigenvalue weighted by Gasteiger charge is -2.26. The molecule has 1 aromatic carbocycles. The highest BCUT2D eigenvalue weighted by Gasteiger charge is 2.16. The minimum Gasteiger partial charge on any atom is -0.478 e. The Labute approximate surface area is 124 Å². The molecule has 0 bridgehead atoms. The molecule has 1 fully saturated rings. The third kappa shape index (κ3) is 3.68. The zero-order chi connectivity index (χ0) is 14.5. The van der Waals surface area contributed by atoms with Gasteiger partial charge in [0.1, 0.15) is 0 Å². The Kier molecular flexibility index (Phi) is 5.33. The van der Waals surface area contributed by atoms with Gasteiger partial charge in [0, 0.05) is 26.2 Å². The standard InChI is InChI=1S/C13H16BrFN2O3/c14-11-9(13(18)19)1-2-10(12(11)15)16-3-4-17-5-7-20-8-6-17/h1-2,16H,3-8H2,(H,18,19). The molecule has 1 aliphatic heterocycles. The predicted octanol–water partition coefficient (Wildman–Crippen LogP) is 2.03. The first-order valence-electron chi connectivity index (χ1n) is 6.35. The van der Waals surface area contributed by atoms with Crippen LogP contribution in [0.25, 0.3) is 0 Å². The molecule has 110 valence electrons. The largest absolute Gasteiger partial charge is 0.478 e. The number of nitrogens with one attached hydrogen (secondary N) is 1. The number of nitrogens with zero attached hydrogens (tertiary/aromatic N) is 1. The maximum absolute atomic E-state index is 14.0. The van der Waals surface area contributed by atoms with E-state index >= 15 is 0 Å². The number of ether oxygens (including phenoxy) is 1. The van der Waals surface area contributed by atoms with Crippen LogP contribution in [0.4, 0.5) is 10.1 Å². The van der Waals surface area contributed by atoms with Gasteiger partial charge in [0.25, 0.3) is 0 Å². The lowest BCUT2D eigenvalue weighted by Crippen LogP contribution is -2.39. The Hall–Kier alpha value is -1.18. The van der Waals surface area contributed by atoms with E-state index in [1.54, 1.807) is 0 Å². The number of halogens is 2. The van der Waals surface area contributed by atoms with Crippen molar-refractivity contribution < 1.29 is 19.0 Å². The Morgan fingerprint density at radius 1 is 1.45 bits per heavy atom. The third-order valence-electron chi connectivity index (χ3n) is 3.16. The van der Waals surface area contributed by atoms with Crippen molar-refractivity contribution in [2.45, 2.75) is 0 Å². The summed E-state index contributed by atoms with van der Waals surface area (Å²) in [5.41, 5.74) is 0.219. The van der Waals surface area contributed by atoms with Crippen LogP contribution in [0.5, 0.6) is 0 Å². The summed E-state index contributed by atoms with van der Waals surface area (Å²) in [4.78, 5) is 13.1. The molecule has 0 amide bonds. The second kappa shape index (κ2) is 7.01. The van der Waals surface area contributed by atoms with Gasteiger partial charge in [-0.25, -0.2) is 9.18 Å². The molecule has 20 heavy (non-hydrogen) atoms. The van der Waals surface area contributed by atoms with Gasteiger partial charge in [-0.15, -0.1) is 0 Å². The first-order valence-corrected chi connectivity index (χ1v) is 7.14. The van der Waals surface area contributed by atoms with E-state index < -0.39 is 11.8 Å². The third-order valence-corrected chi connectivity index (χ3v) is 3.94. The van der Waals surface area contributed by atoms with Crippen molar-refractivity contribution in [2.75, 3.05) is 44.7 Å². The van der Waals surface area contributed by atoms with Crippen molar-refractivity contribution in [2.24, 2.45) is 0 Å². The molecule has 1 aliphatic rings. The fourth-order valence-electron chi connectivity index (χ4n) is 2.02. The molecule has 0 aliphatic carbocycles. The second-order valence-electron chi connectivity index (χ2n) is 4.47. The van der Waals surface area contributed by atoms with Crippen LogP contribution in [0.1, 0.15) is 10.4 Å². The molecule has 0 radical (unpaired) electrons. The molecular weight excluding hydrogens is 331 g/mol. The van der Waals surface area contributed by atoms with Crippen molar-refractivity contribution in [1.29, 1.82) is 0 Å². The van der Waals surface area contributed by atoms with Crippen LogP contribution in [0.2, 0.25) is 0 Å². The van der Waals surface area contributed by atoms with E-state index in [1.807, 2.05) is 0 Å². The van der Waals surface area contributed by atoms with E-state index in [9.17, 15) is 9.18 Å². The molecule has 0 aromatic heterocycles. The maximum atomic E-state index is 14.0. The van der Waals surface area contributed by atoms with Gasteiger partial charge in [0.2, 0.25) is 0 Å². The van der Waals surface area contributed by atoms with Crippen molar-refractivity contribution in [3.05, 3.63) is 28.0 Å². The number of hydrogen-bond donors (Lipinski definition) is 2. The Morgan fingerprint density at radius 2 is 2.15 bits per heavy atom. The monoisotopic (exact) mass is 346 g/mol. The van der Waals surface area contributed by atoms with Crippen molar-refractivity contribution >= 4 is 27.6 Å². The fraction of sp³-hybridized carbons (Fsp3) is 0.462. The van der Waals surface area contributed by atoms with Gasteiger partial charge in [-0.1, -0.05) is 0 Å². The molecule has 1 heterocycles. The number of benzene rings is 1. The zero-order valence-electron chi connectivity index (χ0n) is 10.9. The highest BCUT2D eigenvalue weighted by atomic mass is 79.9. The summed E-state index contributed by atoms with van der Waals surface area (Å²) >= 11 is 2.98. The topological polar surface area (TPSA) is 61.8 Å². The Bertz CT molecular complexity index is 493. The molecule has 1 aromatic rings. The minimum absolute atomic E-state index is 0.0265. The normalized spacial score (nSPS) is 16.1. The molecule has 0 unspecified atom stereocenters. The number of rotatable bonds is 5. The summed E-state index contributed by atoms with van der Waals surface area (Å²) in [7, 11) is 0. The maximum Gasteiger partial charge on any atom is 0.336 e. The molecule has 1 saturated heterocycles. The number of carboxylic acids is 1. The first-order chi connectivity index (χ1) is 9.59. The number of carbonyl (C=O) groups is 1. The van der Waals surface area contributed by atoms with Gasteiger partial charge in [-0.3, -0.25) is 4.90 Å². The summed E-state index contributed by atoms with van der Waals surface area (Å²) in [5.74, 6) is -1.73. The lowest BCUT2D eigenvalue weighted by molar-refractivity contribution is 0.0398. The van der Waals surface area contributed by atoms with Gasteiger partial charge < -0.3 is 15.2 Å². The molecule has 5 nitrogen and oxygen atoms in total. The number of carboxylic acid groups (broad SMARTS) is 1. The number of aromatic carboxylic acids is 1. The van der Waals surface area contributed by atoms with Crippen LogP contribution in [-0.2, 0) is 4.74 Å². The highest BCUT2D eigenvalue weighted by Crippen LogP contribution is 2.27. The van der Waals surface area contributed by atoms with E-state index in [0.29, 0.717) is 12.2 Å². The summed E-state index contributed by atoms with van der Waals surface area (Å²) < 4.78 is 19.2. The van der Waals surface area contributed by atoms with Gasteiger partial charge in [-0.2, -0.15) is 0 Å². The van der Waals surface area contributed by atoms with E-state index in [2.05, 4.69) is 26.1 Å². The van der Waals surface area contributed by atoms with Crippen LogP contribution in [-0.4, -0.2) is 55.4 Å². The Balaban J connectivity index is 1.92. The van der Waals surface area contributed by atoms with Crippen molar-refractivity contribution in [3.63, 3.8) is 0 Å². The molecule has 0 spiro atoms. The molecule has 0 atom stereocenters. The van der Waals surface area contributed by atoms with Gasteiger partial charge in [0.05, 0.1) is 28.9 Å². The smallest absolute Gasteiger partial charge is 0.336 e. The zero-order valence-corrected chi connectivity index (χ0v) is 12.5. The summed E-state index contributed by atoms with van der Waals surface area (Å²) in [6.45, 7) is 4.61. The van der Waals surface area contributed by atoms with Crippen LogP contribution in [0.3, 0.4) is 0 Å². The number of anilines is 1. The van der Waals surface area contributed by atoms with Crippen LogP contribution < -0.4 is 5.32 Å². The van der Waals surface area contributed by atoms with E-state index in [4.69, 9.17) is 9.84 Å². The van der Waals surface area contributed by atoms with Crippen molar-refractivity contribution in [1.82, 2.24) is 4.90 Å². The molecular formula is C13H16BrFN2O3. The SMILES string of the molecule is O=C(O)c1ccc(NCCN2CCOCC2)c(F)c1Br. The Morgan fingerprint density at radius 3 is 2.80 bits per heavy atom. The van der Waals surface area contributed by atoms with Gasteiger partial charge in [0.15, 0.2) is 5.82 Å². The molecule has 2 N–H and O–H groups in total. The van der Waals surface area contributed by atoms with E-state index in [-0.39, 0.29) is 10.0 Å². The van der Waals surface area contributed by atoms with Crippen molar-refractivity contribution in [3.8, 4) is 0 Å². The van der Waals surface area contributed by atoms with Gasteiger partial charge in [-0.05, 0) is 28.1 Å². The minimum atomic E-state index is -1.16. The average molecular weight is 347 g/mol. The lowest BCUT2D eigenvalue weighted by atomic mass is 10.2. The molecule has 0 saturated carbocycles.